The first-order chi connectivity index (χ1) is 10.3. The highest BCUT2D eigenvalue weighted by atomic mass is 32.2. The second kappa shape index (κ2) is 6.00. The first-order valence-electron chi connectivity index (χ1n) is 6.97. The maximum Gasteiger partial charge on any atom is 0.262 e. The lowest BCUT2D eigenvalue weighted by molar-refractivity contribution is 0.406. The highest BCUT2D eigenvalue weighted by molar-refractivity contribution is 7.92. The number of benzene rings is 1. The second-order valence-corrected chi connectivity index (χ2v) is 7.18. The van der Waals surface area contributed by atoms with E-state index in [1.165, 1.54) is 6.20 Å². The fourth-order valence-electron chi connectivity index (χ4n) is 2.25. The number of sulfonamides is 1. The number of aromatic nitrogens is 2. The van der Waals surface area contributed by atoms with Crippen molar-refractivity contribution in [3.05, 3.63) is 35.2 Å². The number of hydrogen-bond donors (Lipinski definition) is 2. The topological polar surface area (TPSA) is 84.1 Å². The molecule has 1 aromatic heterocycles. The Balaban J connectivity index is 2.51. The highest BCUT2D eigenvalue weighted by Gasteiger charge is 2.22. The van der Waals surface area contributed by atoms with Crippen LogP contribution in [0.3, 0.4) is 0 Å². The van der Waals surface area contributed by atoms with E-state index in [0.29, 0.717) is 22.7 Å². The number of nitrogens with one attached hydrogen (secondary N) is 2. The molecule has 0 radical (unpaired) electrons. The molecule has 0 aliphatic rings. The molecule has 120 valence electrons. The molecule has 7 heteroatoms. The molecule has 2 rings (SSSR count). The van der Waals surface area contributed by atoms with Crippen LogP contribution in [0.1, 0.15) is 36.6 Å². The summed E-state index contributed by atoms with van der Waals surface area (Å²) in [6.45, 7) is 7.50. The molecule has 2 aromatic rings. The molecular formula is C15H21N3O3S. The predicted molar refractivity (Wildman–Crippen MR) is 86.0 cm³/mol. The van der Waals surface area contributed by atoms with Crippen LogP contribution in [0, 0.1) is 13.8 Å². The Hall–Kier alpha value is -2.02. The molecule has 0 atom stereocenters. The number of nitrogens with zero attached hydrogens (tertiary/aromatic N) is 1. The third kappa shape index (κ3) is 3.09. The minimum atomic E-state index is -3.68. The van der Waals surface area contributed by atoms with Gasteiger partial charge in [-0.05, 0) is 43.0 Å². The quantitative estimate of drug-likeness (QED) is 0.886. The van der Waals surface area contributed by atoms with E-state index in [2.05, 4.69) is 14.9 Å². The number of aryl methyl sites for hydroxylation is 2. The van der Waals surface area contributed by atoms with Gasteiger partial charge in [0.05, 0.1) is 29.6 Å². The molecule has 1 aromatic carbocycles. The minimum absolute atomic E-state index is 0.153. The largest absolute Gasteiger partial charge is 0.496 e. The summed E-state index contributed by atoms with van der Waals surface area (Å²) in [7, 11) is -2.10. The number of methoxy groups -OCH3 is 1. The minimum Gasteiger partial charge on any atom is -0.496 e. The SMILES string of the molecule is COc1cc(C)c(S(=O)(=O)Nc2cn[nH]c2C)cc1C(C)C. The summed E-state index contributed by atoms with van der Waals surface area (Å²) in [5.41, 5.74) is 2.60. The maximum atomic E-state index is 12.7. The van der Waals surface area contributed by atoms with Crippen molar-refractivity contribution in [3.63, 3.8) is 0 Å². The fraction of sp³-hybridized carbons (Fsp3) is 0.400. The van der Waals surface area contributed by atoms with Crippen molar-refractivity contribution in [2.24, 2.45) is 0 Å². The Morgan fingerprint density at radius 2 is 1.95 bits per heavy atom. The average molecular weight is 323 g/mol. The third-order valence-electron chi connectivity index (χ3n) is 3.51. The third-order valence-corrected chi connectivity index (χ3v) is 5.02. The number of rotatable bonds is 5. The Morgan fingerprint density at radius 1 is 1.27 bits per heavy atom. The summed E-state index contributed by atoms with van der Waals surface area (Å²) >= 11 is 0. The molecule has 1 heterocycles. The standard InChI is InChI=1S/C15H21N3O3S/c1-9(2)12-7-15(10(3)6-14(12)21-5)22(19,20)18-13-8-16-17-11(13)4/h6-9,18H,1-5H3,(H,16,17). The molecule has 0 fully saturated rings. The van der Waals surface area contributed by atoms with Crippen molar-refractivity contribution in [2.75, 3.05) is 11.8 Å². The van der Waals surface area contributed by atoms with E-state index >= 15 is 0 Å². The summed E-state index contributed by atoms with van der Waals surface area (Å²) in [6.07, 6.45) is 1.45. The summed E-state index contributed by atoms with van der Waals surface area (Å²) in [6, 6.07) is 3.43. The van der Waals surface area contributed by atoms with E-state index in [1.807, 2.05) is 13.8 Å². The van der Waals surface area contributed by atoms with Crippen LogP contribution in [-0.2, 0) is 10.0 Å². The molecule has 0 aliphatic heterocycles. The Kier molecular flexibility index (Phi) is 4.46. The molecule has 0 bridgehead atoms. The van der Waals surface area contributed by atoms with Crippen LogP contribution in [0.5, 0.6) is 5.75 Å². The van der Waals surface area contributed by atoms with Crippen LogP contribution in [0.4, 0.5) is 5.69 Å². The molecule has 6 nitrogen and oxygen atoms in total. The molecule has 0 amide bonds. The van der Waals surface area contributed by atoms with Crippen LogP contribution in [0.2, 0.25) is 0 Å². The lowest BCUT2D eigenvalue weighted by atomic mass is 10.0. The van der Waals surface area contributed by atoms with Crippen LogP contribution < -0.4 is 9.46 Å². The molecular weight excluding hydrogens is 302 g/mol. The first kappa shape index (κ1) is 16.4. The molecule has 2 N–H and O–H groups in total. The zero-order chi connectivity index (χ0) is 16.5. The lowest BCUT2D eigenvalue weighted by Crippen LogP contribution is -2.15. The zero-order valence-corrected chi connectivity index (χ0v) is 14.2. The highest BCUT2D eigenvalue weighted by Crippen LogP contribution is 2.32. The molecule has 0 unspecified atom stereocenters. The number of anilines is 1. The van der Waals surface area contributed by atoms with Gasteiger partial charge in [0.15, 0.2) is 0 Å². The summed E-state index contributed by atoms with van der Waals surface area (Å²) in [4.78, 5) is 0.248. The van der Waals surface area contributed by atoms with Crippen LogP contribution in [0.15, 0.2) is 23.2 Å². The smallest absolute Gasteiger partial charge is 0.262 e. The monoisotopic (exact) mass is 323 g/mol. The maximum absolute atomic E-state index is 12.7. The summed E-state index contributed by atoms with van der Waals surface area (Å²) < 4.78 is 33.2. The number of hydrogen-bond acceptors (Lipinski definition) is 4. The number of ether oxygens (including phenoxy) is 1. The van der Waals surface area contributed by atoms with E-state index < -0.39 is 10.0 Å². The molecule has 0 saturated carbocycles. The Labute approximate surface area is 130 Å². The van der Waals surface area contributed by atoms with Crippen LogP contribution in [-0.4, -0.2) is 25.7 Å². The van der Waals surface area contributed by atoms with E-state index in [1.54, 1.807) is 33.1 Å². The van der Waals surface area contributed by atoms with Gasteiger partial charge in [0.2, 0.25) is 0 Å². The van der Waals surface area contributed by atoms with Crippen molar-refractivity contribution in [1.82, 2.24) is 10.2 Å². The zero-order valence-electron chi connectivity index (χ0n) is 13.4. The second-order valence-electron chi connectivity index (χ2n) is 5.53. The van der Waals surface area contributed by atoms with Gasteiger partial charge in [0.25, 0.3) is 10.0 Å². The van der Waals surface area contributed by atoms with Gasteiger partial charge in [-0.1, -0.05) is 13.8 Å². The van der Waals surface area contributed by atoms with Gasteiger partial charge in [0, 0.05) is 0 Å². The molecule has 0 saturated heterocycles. The van der Waals surface area contributed by atoms with Crippen molar-refractivity contribution >= 4 is 15.7 Å². The van der Waals surface area contributed by atoms with Gasteiger partial charge in [-0.2, -0.15) is 5.10 Å². The van der Waals surface area contributed by atoms with Crippen molar-refractivity contribution in [2.45, 2.75) is 38.5 Å². The van der Waals surface area contributed by atoms with Crippen LogP contribution >= 0.6 is 0 Å². The first-order valence-corrected chi connectivity index (χ1v) is 8.46. The lowest BCUT2D eigenvalue weighted by Gasteiger charge is -2.16. The van der Waals surface area contributed by atoms with Crippen molar-refractivity contribution in [1.29, 1.82) is 0 Å². The van der Waals surface area contributed by atoms with E-state index in [9.17, 15) is 8.42 Å². The Morgan fingerprint density at radius 3 is 2.45 bits per heavy atom. The van der Waals surface area contributed by atoms with Gasteiger partial charge >= 0.3 is 0 Å². The normalized spacial score (nSPS) is 11.7. The Bertz CT molecular complexity index is 779. The summed E-state index contributed by atoms with van der Waals surface area (Å²) in [5.74, 6) is 0.853. The van der Waals surface area contributed by atoms with E-state index in [-0.39, 0.29) is 10.8 Å². The predicted octanol–water partition coefficient (Wildman–Crippen LogP) is 2.96. The average Bonchev–Trinajstić information content (AvgIpc) is 2.82. The van der Waals surface area contributed by atoms with Gasteiger partial charge in [0.1, 0.15) is 5.75 Å². The van der Waals surface area contributed by atoms with Gasteiger partial charge < -0.3 is 4.74 Å². The molecule has 0 spiro atoms. The fourth-order valence-corrected chi connectivity index (χ4v) is 3.62. The number of H-pyrrole nitrogens is 1. The van der Waals surface area contributed by atoms with Gasteiger partial charge in [-0.15, -0.1) is 0 Å². The van der Waals surface area contributed by atoms with Gasteiger partial charge in [-0.3, -0.25) is 9.82 Å². The molecule has 0 aliphatic carbocycles. The van der Waals surface area contributed by atoms with Gasteiger partial charge in [-0.25, -0.2) is 8.42 Å². The summed E-state index contributed by atoms with van der Waals surface area (Å²) in [5, 5.41) is 6.53. The number of aromatic amines is 1. The van der Waals surface area contributed by atoms with E-state index in [4.69, 9.17) is 4.74 Å². The van der Waals surface area contributed by atoms with E-state index in [0.717, 1.165) is 5.56 Å². The van der Waals surface area contributed by atoms with Crippen molar-refractivity contribution < 1.29 is 13.2 Å². The van der Waals surface area contributed by atoms with Crippen molar-refractivity contribution in [3.8, 4) is 5.75 Å². The molecule has 22 heavy (non-hydrogen) atoms. The van der Waals surface area contributed by atoms with Crippen LogP contribution in [0.25, 0.3) is 0 Å².